The third-order valence-electron chi connectivity index (χ3n) is 3.54. The number of hydrogen-bond donors (Lipinski definition) is 2. The van der Waals surface area contributed by atoms with E-state index in [0.29, 0.717) is 15.7 Å². The second-order valence-electron chi connectivity index (χ2n) is 5.49. The van der Waals surface area contributed by atoms with E-state index in [1.165, 1.54) is 18.3 Å². The number of carboxylic acids is 1. The zero-order valence-electron chi connectivity index (χ0n) is 13.3. The molecule has 0 bridgehead atoms. The highest BCUT2D eigenvalue weighted by molar-refractivity contribution is 9.10. The van der Waals surface area contributed by atoms with Crippen LogP contribution in [0.2, 0.25) is 0 Å². The summed E-state index contributed by atoms with van der Waals surface area (Å²) in [6.45, 7) is 0. The van der Waals surface area contributed by atoms with Crippen molar-refractivity contribution in [2.24, 2.45) is 0 Å². The van der Waals surface area contributed by atoms with Crippen molar-refractivity contribution >= 4 is 27.8 Å². The molecule has 2 aromatic rings. The van der Waals surface area contributed by atoms with E-state index in [9.17, 15) is 27.9 Å². The summed E-state index contributed by atoms with van der Waals surface area (Å²) in [4.78, 5) is 27.4. The lowest BCUT2D eigenvalue weighted by Crippen LogP contribution is -2.43. The van der Waals surface area contributed by atoms with Gasteiger partial charge in [0.1, 0.15) is 10.6 Å². The summed E-state index contributed by atoms with van der Waals surface area (Å²) in [7, 11) is 0. The van der Waals surface area contributed by atoms with E-state index >= 15 is 0 Å². The van der Waals surface area contributed by atoms with Crippen LogP contribution in [0.1, 0.15) is 16.7 Å². The van der Waals surface area contributed by atoms with Crippen molar-refractivity contribution < 1.29 is 27.9 Å². The molecule has 0 aliphatic carbocycles. The zero-order valence-corrected chi connectivity index (χ0v) is 14.8. The van der Waals surface area contributed by atoms with Crippen LogP contribution >= 0.6 is 15.9 Å². The van der Waals surface area contributed by atoms with Crippen molar-refractivity contribution in [3.63, 3.8) is 0 Å². The van der Waals surface area contributed by atoms with E-state index in [1.807, 2.05) is 0 Å². The minimum Gasteiger partial charge on any atom is -0.480 e. The normalized spacial score (nSPS) is 12.5. The molecule has 5 nitrogen and oxygen atoms in total. The topological polar surface area (TPSA) is 79.3 Å². The SMILES string of the molecule is O=C(Cc1ccc(C(F)(F)F)cc1)N[C@@H](Cc1cccnc1Br)C(=O)O. The molecule has 1 atom stereocenters. The summed E-state index contributed by atoms with van der Waals surface area (Å²) in [5, 5.41) is 11.7. The summed E-state index contributed by atoms with van der Waals surface area (Å²) < 4.78 is 38.1. The average molecular weight is 431 g/mol. The van der Waals surface area contributed by atoms with Crippen molar-refractivity contribution in [3.05, 3.63) is 63.9 Å². The number of aromatic nitrogens is 1. The molecule has 0 saturated heterocycles. The first-order valence-electron chi connectivity index (χ1n) is 7.44. The molecule has 0 saturated carbocycles. The fourth-order valence-electron chi connectivity index (χ4n) is 2.23. The predicted molar refractivity (Wildman–Crippen MR) is 90.4 cm³/mol. The maximum absolute atomic E-state index is 12.5. The van der Waals surface area contributed by atoms with Crippen molar-refractivity contribution in [3.8, 4) is 0 Å². The highest BCUT2D eigenvalue weighted by Crippen LogP contribution is 2.29. The molecular formula is C17H14BrF3N2O3. The van der Waals surface area contributed by atoms with Crippen LogP contribution < -0.4 is 5.32 Å². The van der Waals surface area contributed by atoms with Crippen LogP contribution in [0.4, 0.5) is 13.2 Å². The molecule has 9 heteroatoms. The Morgan fingerprint density at radius 2 is 1.85 bits per heavy atom. The van der Waals surface area contributed by atoms with E-state index in [-0.39, 0.29) is 12.8 Å². The molecule has 0 unspecified atom stereocenters. The quantitative estimate of drug-likeness (QED) is 0.689. The molecule has 0 radical (unpaired) electrons. The maximum atomic E-state index is 12.5. The van der Waals surface area contributed by atoms with E-state index < -0.39 is 29.7 Å². The number of hydrogen-bond acceptors (Lipinski definition) is 3. The third kappa shape index (κ3) is 5.55. The maximum Gasteiger partial charge on any atom is 0.416 e. The first kappa shape index (κ1) is 19.9. The van der Waals surface area contributed by atoms with Gasteiger partial charge < -0.3 is 10.4 Å². The van der Waals surface area contributed by atoms with Gasteiger partial charge in [-0.1, -0.05) is 18.2 Å². The van der Waals surface area contributed by atoms with Crippen molar-refractivity contribution in [1.82, 2.24) is 10.3 Å². The van der Waals surface area contributed by atoms with E-state index in [0.717, 1.165) is 12.1 Å². The number of nitrogens with zero attached hydrogens (tertiary/aromatic N) is 1. The summed E-state index contributed by atoms with van der Waals surface area (Å²) in [6, 6.07) is 6.27. The third-order valence-corrected chi connectivity index (χ3v) is 4.25. The number of benzene rings is 1. The Morgan fingerprint density at radius 3 is 2.38 bits per heavy atom. The largest absolute Gasteiger partial charge is 0.480 e. The Morgan fingerprint density at radius 1 is 1.19 bits per heavy atom. The lowest BCUT2D eigenvalue weighted by Gasteiger charge is -2.15. The van der Waals surface area contributed by atoms with E-state index in [2.05, 4.69) is 26.2 Å². The number of carbonyl (C=O) groups excluding carboxylic acids is 1. The van der Waals surface area contributed by atoms with E-state index in [1.54, 1.807) is 12.1 Å². The molecule has 0 fully saturated rings. The van der Waals surface area contributed by atoms with Gasteiger partial charge in [-0.15, -0.1) is 0 Å². The van der Waals surface area contributed by atoms with Gasteiger partial charge in [-0.2, -0.15) is 13.2 Å². The van der Waals surface area contributed by atoms with Gasteiger partial charge in [-0.25, -0.2) is 9.78 Å². The van der Waals surface area contributed by atoms with Gasteiger partial charge in [-0.3, -0.25) is 4.79 Å². The van der Waals surface area contributed by atoms with Crippen LogP contribution in [-0.4, -0.2) is 28.0 Å². The molecule has 26 heavy (non-hydrogen) atoms. The van der Waals surface area contributed by atoms with Crippen LogP contribution in [0, 0.1) is 0 Å². The minimum atomic E-state index is -4.45. The first-order chi connectivity index (χ1) is 12.2. The number of alkyl halides is 3. The number of pyridine rings is 1. The highest BCUT2D eigenvalue weighted by Gasteiger charge is 2.30. The smallest absolute Gasteiger partial charge is 0.416 e. The number of nitrogens with one attached hydrogen (secondary N) is 1. The van der Waals surface area contributed by atoms with Gasteiger partial charge in [0.25, 0.3) is 0 Å². The molecule has 0 spiro atoms. The Bertz CT molecular complexity index is 795. The predicted octanol–water partition coefficient (Wildman–Crippen LogP) is 3.22. The monoisotopic (exact) mass is 430 g/mol. The van der Waals surface area contributed by atoms with Gasteiger partial charge in [0.15, 0.2) is 0 Å². The molecule has 0 aliphatic heterocycles. The average Bonchev–Trinajstić information content (AvgIpc) is 2.55. The van der Waals surface area contributed by atoms with Gasteiger partial charge in [0.2, 0.25) is 5.91 Å². The number of carbonyl (C=O) groups is 2. The van der Waals surface area contributed by atoms with Crippen LogP contribution in [0.3, 0.4) is 0 Å². The first-order valence-corrected chi connectivity index (χ1v) is 8.24. The molecular weight excluding hydrogens is 417 g/mol. The number of halogens is 4. The van der Waals surface area contributed by atoms with Crippen LogP contribution in [0.5, 0.6) is 0 Å². The molecule has 1 aromatic carbocycles. The summed E-state index contributed by atoms with van der Waals surface area (Å²) in [6.07, 6.45) is -3.13. The summed E-state index contributed by atoms with van der Waals surface area (Å²) >= 11 is 3.21. The molecule has 1 heterocycles. The van der Waals surface area contributed by atoms with Gasteiger partial charge in [-0.05, 0) is 45.3 Å². The van der Waals surface area contributed by atoms with Crippen LogP contribution in [0.25, 0.3) is 0 Å². The fraction of sp³-hybridized carbons (Fsp3) is 0.235. The highest BCUT2D eigenvalue weighted by atomic mass is 79.9. The molecule has 2 N–H and O–H groups in total. The van der Waals surface area contributed by atoms with Crippen molar-refractivity contribution in [1.29, 1.82) is 0 Å². The number of rotatable bonds is 6. The molecule has 0 aliphatic rings. The number of carboxylic acid groups (broad SMARTS) is 1. The van der Waals surface area contributed by atoms with Crippen LogP contribution in [0.15, 0.2) is 47.2 Å². The minimum absolute atomic E-state index is 0.0164. The fourth-order valence-corrected chi connectivity index (χ4v) is 2.65. The Labute approximate surface area is 155 Å². The molecule has 1 aromatic heterocycles. The Balaban J connectivity index is 2.02. The lowest BCUT2D eigenvalue weighted by molar-refractivity contribution is -0.141. The molecule has 138 valence electrons. The van der Waals surface area contributed by atoms with Gasteiger partial charge >= 0.3 is 12.1 Å². The standard InChI is InChI=1S/C17H14BrF3N2O3/c18-15-11(2-1-7-22-15)9-13(16(25)26)23-14(24)8-10-3-5-12(6-4-10)17(19,20)21/h1-7,13H,8-9H2,(H,23,24)(H,25,26)/t13-/m0/s1. The Kier molecular flexibility index (Phi) is 6.36. The van der Waals surface area contributed by atoms with Crippen LogP contribution in [-0.2, 0) is 28.6 Å². The van der Waals surface area contributed by atoms with E-state index in [4.69, 9.17) is 0 Å². The summed E-state index contributed by atoms with van der Waals surface area (Å²) in [5.41, 5.74) is 0.142. The van der Waals surface area contributed by atoms with Gasteiger partial charge in [0, 0.05) is 12.6 Å². The zero-order chi connectivity index (χ0) is 19.3. The Hall–Kier alpha value is -2.42. The summed E-state index contributed by atoms with van der Waals surface area (Å²) in [5.74, 6) is -1.82. The van der Waals surface area contributed by atoms with Gasteiger partial charge in [0.05, 0.1) is 12.0 Å². The number of amides is 1. The molecule has 2 rings (SSSR count). The van der Waals surface area contributed by atoms with Crippen molar-refractivity contribution in [2.45, 2.75) is 25.1 Å². The van der Waals surface area contributed by atoms with Crippen molar-refractivity contribution in [2.75, 3.05) is 0 Å². The number of aliphatic carboxylic acids is 1. The molecule has 1 amide bonds. The second kappa shape index (κ2) is 8.31. The second-order valence-corrected chi connectivity index (χ2v) is 6.24. The lowest BCUT2D eigenvalue weighted by atomic mass is 10.1.